The molecule has 2 aromatic rings. The van der Waals surface area contributed by atoms with Crippen LogP contribution in [0.15, 0.2) is 61.2 Å². The lowest BCUT2D eigenvalue weighted by Crippen LogP contribution is -2.54. The topological polar surface area (TPSA) is 163 Å². The molecule has 4 amide bonds. The third-order valence-corrected chi connectivity index (χ3v) is 7.01. The zero-order valence-corrected chi connectivity index (χ0v) is 23.9. The first-order valence-corrected chi connectivity index (χ1v) is 13.9. The number of aliphatic carboxylic acids is 1. The van der Waals surface area contributed by atoms with Crippen molar-refractivity contribution < 1.29 is 33.8 Å². The molecule has 3 rings (SSSR count). The molecule has 0 saturated carbocycles. The van der Waals surface area contributed by atoms with Gasteiger partial charge in [0.2, 0.25) is 17.7 Å². The SMILES string of the molecule is C=CCC(=O)NCCCC[C@H](NC(=O)[C@H](C)NC(=O)[C@H](C)NC(=O)OCC1c2ccccc2-c2ccccc21)C(=O)O. The lowest BCUT2D eigenvalue weighted by Gasteiger charge is -2.21. The van der Waals surface area contributed by atoms with E-state index in [4.69, 9.17) is 4.74 Å². The molecule has 0 aliphatic heterocycles. The maximum Gasteiger partial charge on any atom is 0.407 e. The predicted octanol–water partition coefficient (Wildman–Crippen LogP) is 2.85. The summed E-state index contributed by atoms with van der Waals surface area (Å²) in [7, 11) is 0. The van der Waals surface area contributed by atoms with E-state index in [2.05, 4.69) is 27.8 Å². The number of nitrogens with one attached hydrogen (secondary N) is 4. The van der Waals surface area contributed by atoms with Crippen LogP contribution in [0.2, 0.25) is 0 Å². The third-order valence-electron chi connectivity index (χ3n) is 7.01. The highest BCUT2D eigenvalue weighted by Gasteiger charge is 2.30. The molecule has 0 heterocycles. The van der Waals surface area contributed by atoms with Gasteiger partial charge in [-0.15, -0.1) is 6.58 Å². The van der Waals surface area contributed by atoms with Gasteiger partial charge in [0, 0.05) is 18.9 Å². The molecular formula is C31H38N4O7. The van der Waals surface area contributed by atoms with Crippen LogP contribution in [0.5, 0.6) is 0 Å². The molecule has 11 heteroatoms. The molecule has 0 fully saturated rings. The smallest absolute Gasteiger partial charge is 0.407 e. The lowest BCUT2D eigenvalue weighted by molar-refractivity contribution is -0.142. The highest BCUT2D eigenvalue weighted by atomic mass is 16.5. The van der Waals surface area contributed by atoms with Crippen LogP contribution in [0.3, 0.4) is 0 Å². The van der Waals surface area contributed by atoms with Gasteiger partial charge in [0.25, 0.3) is 0 Å². The number of rotatable bonds is 15. The summed E-state index contributed by atoms with van der Waals surface area (Å²) < 4.78 is 5.47. The average Bonchev–Trinajstić information content (AvgIpc) is 3.28. The van der Waals surface area contributed by atoms with E-state index < -0.39 is 42.0 Å². The molecule has 0 spiro atoms. The number of hydrogen-bond donors (Lipinski definition) is 5. The van der Waals surface area contributed by atoms with Gasteiger partial charge < -0.3 is 31.1 Å². The van der Waals surface area contributed by atoms with E-state index in [0.717, 1.165) is 22.3 Å². The molecular weight excluding hydrogens is 540 g/mol. The lowest BCUT2D eigenvalue weighted by atomic mass is 9.98. The quantitative estimate of drug-likeness (QED) is 0.160. The fourth-order valence-electron chi connectivity index (χ4n) is 4.74. The van der Waals surface area contributed by atoms with Crippen molar-refractivity contribution in [1.29, 1.82) is 0 Å². The Morgan fingerprint density at radius 1 is 0.881 bits per heavy atom. The van der Waals surface area contributed by atoms with Gasteiger partial charge >= 0.3 is 12.1 Å². The molecule has 3 atom stereocenters. The van der Waals surface area contributed by atoms with E-state index in [0.29, 0.717) is 19.4 Å². The van der Waals surface area contributed by atoms with E-state index in [1.54, 1.807) is 0 Å². The number of fused-ring (bicyclic) bond motifs is 3. The summed E-state index contributed by atoms with van der Waals surface area (Å²) in [4.78, 5) is 60.8. The van der Waals surface area contributed by atoms with Crippen molar-refractivity contribution in [2.45, 2.75) is 63.6 Å². The number of ether oxygens (including phenoxy) is 1. The largest absolute Gasteiger partial charge is 0.480 e. The Morgan fingerprint density at radius 2 is 1.45 bits per heavy atom. The fraction of sp³-hybridized carbons (Fsp3) is 0.387. The number of unbranched alkanes of at least 4 members (excludes halogenated alkanes) is 1. The summed E-state index contributed by atoms with van der Waals surface area (Å²) in [6.45, 7) is 6.83. The second-order valence-electron chi connectivity index (χ2n) is 10.2. The second kappa shape index (κ2) is 15.4. The minimum absolute atomic E-state index is 0.0881. The first kappa shape index (κ1) is 31.9. The van der Waals surface area contributed by atoms with E-state index in [1.807, 2.05) is 48.5 Å². The number of hydrogen-bond acceptors (Lipinski definition) is 6. The van der Waals surface area contributed by atoms with Gasteiger partial charge in [-0.1, -0.05) is 54.6 Å². The summed E-state index contributed by atoms with van der Waals surface area (Å²) in [5, 5.41) is 19.6. The Bertz CT molecular complexity index is 1270. The highest BCUT2D eigenvalue weighted by molar-refractivity contribution is 5.92. The maximum absolute atomic E-state index is 12.6. The normalized spacial score (nSPS) is 13.9. The minimum Gasteiger partial charge on any atom is -0.480 e. The summed E-state index contributed by atoms with van der Waals surface area (Å²) in [5.74, 6) is -2.81. The number of benzene rings is 2. The molecule has 1 aliphatic rings. The van der Waals surface area contributed by atoms with Crippen LogP contribution in [0.1, 0.15) is 56.6 Å². The number of amides is 4. The van der Waals surface area contributed by atoms with Gasteiger partial charge in [-0.3, -0.25) is 14.4 Å². The predicted molar refractivity (Wildman–Crippen MR) is 157 cm³/mol. The van der Waals surface area contributed by atoms with E-state index in [1.165, 1.54) is 19.9 Å². The molecule has 42 heavy (non-hydrogen) atoms. The third kappa shape index (κ3) is 8.66. The number of carbonyl (C=O) groups excluding carboxylic acids is 4. The maximum atomic E-state index is 12.6. The fourth-order valence-corrected chi connectivity index (χ4v) is 4.74. The zero-order chi connectivity index (χ0) is 30.6. The molecule has 11 nitrogen and oxygen atoms in total. The molecule has 0 aromatic heterocycles. The van der Waals surface area contributed by atoms with Gasteiger partial charge in [0.05, 0.1) is 0 Å². The van der Waals surface area contributed by atoms with Crippen LogP contribution in [-0.4, -0.2) is 66.2 Å². The summed E-state index contributed by atoms with van der Waals surface area (Å²) in [5.41, 5.74) is 4.32. The first-order valence-electron chi connectivity index (χ1n) is 13.9. The Kier molecular flexibility index (Phi) is 11.7. The molecule has 224 valence electrons. The monoisotopic (exact) mass is 578 g/mol. The highest BCUT2D eigenvalue weighted by Crippen LogP contribution is 2.44. The number of carboxylic acids is 1. The van der Waals surface area contributed by atoms with Crippen molar-refractivity contribution >= 4 is 29.8 Å². The second-order valence-corrected chi connectivity index (χ2v) is 10.2. The standard InChI is InChI=1S/C31H38N4O7/c1-4-11-27(36)32-17-10-9-16-26(30(39)40)35-29(38)19(2)33-28(37)20(3)34-31(41)42-18-25-23-14-7-5-12-21(23)22-13-6-8-15-24(22)25/h4-8,12-15,19-20,25-26H,1,9-11,16-18H2,2-3H3,(H,32,36)(H,33,37)(H,34,41)(H,35,38)(H,39,40)/t19-,20-,26-/m0/s1. The van der Waals surface area contributed by atoms with E-state index in [9.17, 15) is 29.1 Å². The zero-order valence-electron chi connectivity index (χ0n) is 23.9. The van der Waals surface area contributed by atoms with Crippen molar-refractivity contribution in [1.82, 2.24) is 21.3 Å². The van der Waals surface area contributed by atoms with Crippen molar-refractivity contribution in [3.8, 4) is 11.1 Å². The first-order chi connectivity index (χ1) is 20.1. The average molecular weight is 579 g/mol. The molecule has 0 bridgehead atoms. The summed E-state index contributed by atoms with van der Waals surface area (Å²) in [6.07, 6.45) is 2.06. The van der Waals surface area contributed by atoms with Gasteiger partial charge in [-0.05, 0) is 55.4 Å². The van der Waals surface area contributed by atoms with Crippen LogP contribution >= 0.6 is 0 Å². The Balaban J connectivity index is 1.42. The molecule has 0 unspecified atom stereocenters. The summed E-state index contributed by atoms with van der Waals surface area (Å²) >= 11 is 0. The van der Waals surface area contributed by atoms with Crippen molar-refractivity contribution in [2.75, 3.05) is 13.2 Å². The van der Waals surface area contributed by atoms with Crippen molar-refractivity contribution in [2.24, 2.45) is 0 Å². The Labute approximate surface area is 245 Å². The van der Waals surface area contributed by atoms with Gasteiger partial charge in [0.15, 0.2) is 0 Å². The molecule has 5 N–H and O–H groups in total. The van der Waals surface area contributed by atoms with Crippen molar-refractivity contribution in [3.63, 3.8) is 0 Å². The number of carboxylic acid groups (broad SMARTS) is 1. The molecule has 1 aliphatic carbocycles. The van der Waals surface area contributed by atoms with Gasteiger partial charge in [-0.2, -0.15) is 0 Å². The molecule has 0 radical (unpaired) electrons. The van der Waals surface area contributed by atoms with Crippen LogP contribution in [0, 0.1) is 0 Å². The minimum atomic E-state index is -1.21. The Morgan fingerprint density at radius 3 is 2.05 bits per heavy atom. The number of alkyl carbamates (subject to hydrolysis) is 1. The van der Waals surface area contributed by atoms with Gasteiger partial charge in [-0.25, -0.2) is 9.59 Å². The van der Waals surface area contributed by atoms with Crippen LogP contribution < -0.4 is 21.3 Å². The number of carbonyl (C=O) groups is 5. The van der Waals surface area contributed by atoms with Crippen molar-refractivity contribution in [3.05, 3.63) is 72.3 Å². The van der Waals surface area contributed by atoms with E-state index >= 15 is 0 Å². The van der Waals surface area contributed by atoms with Crippen LogP contribution in [-0.2, 0) is 23.9 Å². The Hall–Kier alpha value is -4.67. The van der Waals surface area contributed by atoms with E-state index in [-0.39, 0.29) is 31.3 Å². The summed E-state index contributed by atoms with van der Waals surface area (Å²) in [6, 6.07) is 12.7. The molecule has 0 saturated heterocycles. The van der Waals surface area contributed by atoms with Gasteiger partial charge in [0.1, 0.15) is 24.7 Å². The molecule has 2 aromatic carbocycles. The van der Waals surface area contributed by atoms with Crippen LogP contribution in [0.4, 0.5) is 4.79 Å². The van der Waals surface area contributed by atoms with Crippen LogP contribution in [0.25, 0.3) is 11.1 Å².